The maximum absolute atomic E-state index is 11.7. The lowest BCUT2D eigenvalue weighted by Gasteiger charge is -2.05. The summed E-state index contributed by atoms with van der Waals surface area (Å²) in [6, 6.07) is 19.9. The minimum Gasteiger partial charge on any atom is -0.493 e. The van der Waals surface area contributed by atoms with E-state index >= 15 is 0 Å². The van der Waals surface area contributed by atoms with Crippen molar-refractivity contribution in [2.45, 2.75) is 25.7 Å². The van der Waals surface area contributed by atoms with Gasteiger partial charge in [0.15, 0.2) is 0 Å². The lowest BCUT2D eigenvalue weighted by molar-refractivity contribution is -0.119. The van der Waals surface area contributed by atoms with E-state index in [1.807, 2.05) is 48.5 Å². The summed E-state index contributed by atoms with van der Waals surface area (Å²) >= 11 is 0. The van der Waals surface area contributed by atoms with E-state index in [1.165, 1.54) is 5.56 Å². The molecule has 2 rings (SSSR count). The van der Waals surface area contributed by atoms with Crippen LogP contribution in [0.5, 0.6) is 5.75 Å². The van der Waals surface area contributed by atoms with Crippen LogP contribution in [0.1, 0.15) is 24.8 Å². The molecule has 20 heavy (non-hydrogen) atoms. The number of ketones is 1. The molecule has 0 saturated heterocycles. The standard InChI is InChI=1S/C18H20O2/c19-17(11-7-10-16-8-3-1-4-9-16)14-15-20-18-12-5-2-6-13-18/h1-6,8-9,12-13H,7,10-11,14-15H2. The second-order valence-corrected chi connectivity index (χ2v) is 4.79. The van der Waals surface area contributed by atoms with Crippen LogP contribution in [-0.2, 0) is 11.2 Å². The number of hydrogen-bond acceptors (Lipinski definition) is 2. The largest absolute Gasteiger partial charge is 0.493 e. The fraction of sp³-hybridized carbons (Fsp3) is 0.278. The zero-order valence-corrected chi connectivity index (χ0v) is 11.6. The summed E-state index contributed by atoms with van der Waals surface area (Å²) in [6.07, 6.45) is 3.00. The minimum absolute atomic E-state index is 0.275. The third-order valence-electron chi connectivity index (χ3n) is 3.16. The fourth-order valence-electron chi connectivity index (χ4n) is 2.06. The molecular weight excluding hydrogens is 248 g/mol. The minimum atomic E-state index is 0.275. The molecule has 0 fully saturated rings. The van der Waals surface area contributed by atoms with Crippen LogP contribution in [0.15, 0.2) is 60.7 Å². The van der Waals surface area contributed by atoms with Gasteiger partial charge in [-0.05, 0) is 30.5 Å². The van der Waals surface area contributed by atoms with Crippen LogP contribution in [0.2, 0.25) is 0 Å². The summed E-state index contributed by atoms with van der Waals surface area (Å²) in [4.78, 5) is 11.7. The van der Waals surface area contributed by atoms with E-state index < -0.39 is 0 Å². The summed E-state index contributed by atoms with van der Waals surface area (Å²) in [6.45, 7) is 0.466. The zero-order valence-electron chi connectivity index (χ0n) is 11.6. The third kappa shape index (κ3) is 5.27. The quantitative estimate of drug-likeness (QED) is 0.722. The van der Waals surface area contributed by atoms with Gasteiger partial charge in [0.25, 0.3) is 0 Å². The Morgan fingerprint density at radius 3 is 2.20 bits per heavy atom. The Bertz CT molecular complexity index is 458. The number of aryl methyl sites for hydroxylation is 1. The molecule has 0 aliphatic carbocycles. The average Bonchev–Trinajstić information content (AvgIpc) is 2.49. The SMILES string of the molecule is O=C(CCCc1ccccc1)CCOc1ccccc1. The van der Waals surface area contributed by atoms with Gasteiger partial charge >= 0.3 is 0 Å². The Balaban J connectivity index is 1.59. The highest BCUT2D eigenvalue weighted by atomic mass is 16.5. The van der Waals surface area contributed by atoms with Gasteiger partial charge in [0, 0.05) is 12.8 Å². The normalized spacial score (nSPS) is 10.2. The summed E-state index contributed by atoms with van der Waals surface area (Å²) in [7, 11) is 0. The molecule has 0 amide bonds. The molecule has 2 heteroatoms. The predicted octanol–water partition coefficient (Wildman–Crippen LogP) is 4.05. The summed E-state index contributed by atoms with van der Waals surface area (Å²) in [5.41, 5.74) is 1.29. The van der Waals surface area contributed by atoms with E-state index in [0.29, 0.717) is 19.4 Å². The van der Waals surface area contributed by atoms with Crippen LogP contribution in [-0.4, -0.2) is 12.4 Å². The molecule has 0 heterocycles. The van der Waals surface area contributed by atoms with E-state index in [1.54, 1.807) is 0 Å². The van der Waals surface area contributed by atoms with E-state index in [-0.39, 0.29) is 5.78 Å². The number of benzene rings is 2. The van der Waals surface area contributed by atoms with Crippen molar-refractivity contribution in [2.75, 3.05) is 6.61 Å². The van der Waals surface area contributed by atoms with Gasteiger partial charge < -0.3 is 4.74 Å². The summed E-state index contributed by atoms with van der Waals surface area (Å²) in [5.74, 6) is 1.10. The number of hydrogen-bond donors (Lipinski definition) is 0. The van der Waals surface area contributed by atoms with Crippen molar-refractivity contribution in [2.24, 2.45) is 0 Å². The van der Waals surface area contributed by atoms with Gasteiger partial charge in [-0.3, -0.25) is 4.79 Å². The first-order chi connectivity index (χ1) is 9.84. The number of carbonyl (C=O) groups is 1. The van der Waals surface area contributed by atoms with Gasteiger partial charge in [0.1, 0.15) is 11.5 Å². The van der Waals surface area contributed by atoms with Crippen LogP contribution in [0, 0.1) is 0 Å². The highest BCUT2D eigenvalue weighted by Crippen LogP contribution is 2.09. The van der Waals surface area contributed by atoms with Crippen LogP contribution in [0.4, 0.5) is 0 Å². The van der Waals surface area contributed by atoms with Gasteiger partial charge in [0.2, 0.25) is 0 Å². The first-order valence-electron chi connectivity index (χ1n) is 7.08. The number of para-hydroxylation sites is 1. The topological polar surface area (TPSA) is 26.3 Å². The van der Waals surface area contributed by atoms with Crippen molar-refractivity contribution in [3.8, 4) is 5.75 Å². The Labute approximate surface area is 120 Å². The maximum Gasteiger partial charge on any atom is 0.136 e. The smallest absolute Gasteiger partial charge is 0.136 e. The number of rotatable bonds is 8. The molecule has 0 bridgehead atoms. The van der Waals surface area contributed by atoms with E-state index in [2.05, 4.69) is 12.1 Å². The molecule has 2 aromatic rings. The Hall–Kier alpha value is -2.09. The second-order valence-electron chi connectivity index (χ2n) is 4.79. The van der Waals surface area contributed by atoms with E-state index in [4.69, 9.17) is 4.74 Å². The second kappa shape index (κ2) is 8.16. The summed E-state index contributed by atoms with van der Waals surface area (Å²) in [5, 5.41) is 0. The Morgan fingerprint density at radius 1 is 0.850 bits per heavy atom. The molecule has 0 saturated carbocycles. The zero-order chi connectivity index (χ0) is 14.0. The molecule has 104 valence electrons. The monoisotopic (exact) mass is 268 g/mol. The highest BCUT2D eigenvalue weighted by Gasteiger charge is 2.03. The lowest BCUT2D eigenvalue weighted by atomic mass is 10.1. The third-order valence-corrected chi connectivity index (χ3v) is 3.16. The van der Waals surface area contributed by atoms with Crippen molar-refractivity contribution < 1.29 is 9.53 Å². The number of carbonyl (C=O) groups excluding carboxylic acids is 1. The first-order valence-corrected chi connectivity index (χ1v) is 7.08. The van der Waals surface area contributed by atoms with Crippen LogP contribution in [0.3, 0.4) is 0 Å². The first kappa shape index (κ1) is 14.3. The van der Waals surface area contributed by atoms with Gasteiger partial charge in [-0.1, -0.05) is 48.5 Å². The van der Waals surface area contributed by atoms with Crippen molar-refractivity contribution in [3.05, 3.63) is 66.2 Å². The van der Waals surface area contributed by atoms with Gasteiger partial charge in [-0.2, -0.15) is 0 Å². The van der Waals surface area contributed by atoms with Crippen molar-refractivity contribution >= 4 is 5.78 Å². The lowest BCUT2D eigenvalue weighted by Crippen LogP contribution is -2.06. The summed E-state index contributed by atoms with van der Waals surface area (Å²) < 4.78 is 5.52. The van der Waals surface area contributed by atoms with Gasteiger partial charge in [-0.25, -0.2) is 0 Å². The van der Waals surface area contributed by atoms with E-state index in [9.17, 15) is 4.79 Å². The molecule has 0 N–H and O–H groups in total. The predicted molar refractivity (Wildman–Crippen MR) is 80.9 cm³/mol. The van der Waals surface area contributed by atoms with Crippen molar-refractivity contribution in [1.82, 2.24) is 0 Å². The Morgan fingerprint density at radius 2 is 1.50 bits per heavy atom. The highest BCUT2D eigenvalue weighted by molar-refractivity contribution is 5.78. The Kier molecular flexibility index (Phi) is 5.84. The fourth-order valence-corrected chi connectivity index (χ4v) is 2.06. The molecular formula is C18H20O2. The van der Waals surface area contributed by atoms with Crippen LogP contribution >= 0.6 is 0 Å². The molecule has 0 aliphatic rings. The van der Waals surface area contributed by atoms with Crippen LogP contribution in [0.25, 0.3) is 0 Å². The number of ether oxygens (including phenoxy) is 1. The molecule has 0 spiro atoms. The van der Waals surface area contributed by atoms with Gasteiger partial charge in [-0.15, -0.1) is 0 Å². The molecule has 0 atom stereocenters. The molecule has 0 unspecified atom stereocenters. The molecule has 2 nitrogen and oxygen atoms in total. The molecule has 0 aromatic heterocycles. The molecule has 0 aliphatic heterocycles. The number of Topliss-reactive ketones (excluding diaryl/α,β-unsaturated/α-hetero) is 1. The van der Waals surface area contributed by atoms with E-state index in [0.717, 1.165) is 18.6 Å². The maximum atomic E-state index is 11.7. The molecule has 0 radical (unpaired) electrons. The average molecular weight is 268 g/mol. The van der Waals surface area contributed by atoms with Crippen molar-refractivity contribution in [1.29, 1.82) is 0 Å². The van der Waals surface area contributed by atoms with Gasteiger partial charge in [0.05, 0.1) is 6.61 Å². The van der Waals surface area contributed by atoms with Crippen molar-refractivity contribution in [3.63, 3.8) is 0 Å². The molecule has 2 aromatic carbocycles. The van der Waals surface area contributed by atoms with Crippen LogP contribution < -0.4 is 4.74 Å².